The van der Waals surface area contributed by atoms with Crippen LogP contribution in [0.15, 0.2) is 16.7 Å². The van der Waals surface area contributed by atoms with Crippen LogP contribution >= 0.6 is 0 Å². The Kier molecular flexibility index (Phi) is 5.23. The maximum atomic E-state index is 11.6. The van der Waals surface area contributed by atoms with Gasteiger partial charge in [-0.2, -0.15) is 0 Å². The van der Waals surface area contributed by atoms with Crippen LogP contribution in [0.4, 0.5) is 0 Å². The Morgan fingerprint density at radius 1 is 1.50 bits per heavy atom. The van der Waals surface area contributed by atoms with E-state index in [-0.39, 0.29) is 17.5 Å². The van der Waals surface area contributed by atoms with Crippen molar-refractivity contribution < 1.29 is 12.8 Å². The van der Waals surface area contributed by atoms with E-state index >= 15 is 0 Å². The van der Waals surface area contributed by atoms with E-state index in [0.29, 0.717) is 13.1 Å². The van der Waals surface area contributed by atoms with Crippen molar-refractivity contribution in [2.45, 2.75) is 39.4 Å². The maximum absolute atomic E-state index is 11.6. The van der Waals surface area contributed by atoms with Crippen LogP contribution in [0.5, 0.6) is 0 Å². The lowest BCUT2D eigenvalue weighted by Crippen LogP contribution is -2.46. The molecule has 2 rings (SSSR count). The predicted molar refractivity (Wildman–Crippen MR) is 79.2 cm³/mol. The van der Waals surface area contributed by atoms with Gasteiger partial charge in [-0.3, -0.25) is 4.90 Å². The molecule has 20 heavy (non-hydrogen) atoms. The number of hydrogen-bond donors (Lipinski definition) is 1. The normalized spacial score (nSPS) is 23.0. The molecule has 1 atom stereocenters. The summed E-state index contributed by atoms with van der Waals surface area (Å²) >= 11 is 0. The van der Waals surface area contributed by atoms with Gasteiger partial charge in [0.05, 0.1) is 24.3 Å². The van der Waals surface area contributed by atoms with Crippen LogP contribution < -0.4 is 5.32 Å². The second kappa shape index (κ2) is 6.74. The van der Waals surface area contributed by atoms with Gasteiger partial charge in [-0.15, -0.1) is 0 Å². The Morgan fingerprint density at radius 2 is 2.30 bits per heavy atom. The molecule has 1 aliphatic heterocycles. The van der Waals surface area contributed by atoms with E-state index in [0.717, 1.165) is 30.8 Å². The van der Waals surface area contributed by atoms with Crippen molar-refractivity contribution in [3.05, 3.63) is 23.7 Å². The summed E-state index contributed by atoms with van der Waals surface area (Å²) in [7, 11) is -2.85. The minimum Gasteiger partial charge on any atom is -0.468 e. The molecule has 0 aliphatic carbocycles. The number of nitrogens with zero attached hydrogens (tertiary/aromatic N) is 1. The SMILES string of the molecule is CCCNCc1coc(CN2CCS(=O)(=O)CC2C)c1. The monoisotopic (exact) mass is 300 g/mol. The number of hydrogen-bond acceptors (Lipinski definition) is 5. The van der Waals surface area contributed by atoms with Crippen LogP contribution in [0.1, 0.15) is 31.6 Å². The van der Waals surface area contributed by atoms with Crippen LogP contribution in [0.2, 0.25) is 0 Å². The fourth-order valence-electron chi connectivity index (χ4n) is 2.48. The second-order valence-corrected chi connectivity index (χ2v) is 7.76. The highest BCUT2D eigenvalue weighted by Crippen LogP contribution is 2.17. The standard InChI is InChI=1S/C14H24N2O3S/c1-3-4-15-8-13-7-14(19-10-13)9-16-5-6-20(17,18)11-12(16)2/h7,10,12,15H,3-6,8-9,11H2,1-2H3. The third-order valence-electron chi connectivity index (χ3n) is 3.63. The minimum absolute atomic E-state index is 0.0560. The van der Waals surface area contributed by atoms with E-state index in [2.05, 4.69) is 23.2 Å². The lowest BCUT2D eigenvalue weighted by atomic mass is 10.2. The molecule has 114 valence electrons. The lowest BCUT2D eigenvalue weighted by Gasteiger charge is -2.32. The van der Waals surface area contributed by atoms with Gasteiger partial charge in [0, 0.05) is 24.7 Å². The molecule has 0 saturated carbocycles. The molecular formula is C14H24N2O3S. The van der Waals surface area contributed by atoms with E-state index in [1.165, 1.54) is 0 Å². The number of nitrogens with one attached hydrogen (secondary N) is 1. The fraction of sp³-hybridized carbons (Fsp3) is 0.714. The predicted octanol–water partition coefficient (Wildman–Crippen LogP) is 1.40. The summed E-state index contributed by atoms with van der Waals surface area (Å²) in [4.78, 5) is 2.17. The van der Waals surface area contributed by atoms with Crippen molar-refractivity contribution in [2.24, 2.45) is 0 Å². The van der Waals surface area contributed by atoms with E-state index in [4.69, 9.17) is 4.42 Å². The Hall–Kier alpha value is -0.850. The summed E-state index contributed by atoms with van der Waals surface area (Å²) in [6.45, 7) is 7.20. The third kappa shape index (κ3) is 4.33. The van der Waals surface area contributed by atoms with Crippen molar-refractivity contribution in [1.82, 2.24) is 10.2 Å². The largest absolute Gasteiger partial charge is 0.468 e. The van der Waals surface area contributed by atoms with Crippen molar-refractivity contribution in [3.8, 4) is 0 Å². The van der Waals surface area contributed by atoms with Gasteiger partial charge in [0.15, 0.2) is 9.84 Å². The van der Waals surface area contributed by atoms with Gasteiger partial charge in [0.25, 0.3) is 0 Å². The molecule has 2 heterocycles. The molecule has 0 amide bonds. The van der Waals surface area contributed by atoms with Gasteiger partial charge in [-0.25, -0.2) is 8.42 Å². The molecule has 0 bridgehead atoms. The smallest absolute Gasteiger partial charge is 0.153 e. The highest BCUT2D eigenvalue weighted by atomic mass is 32.2. The van der Waals surface area contributed by atoms with Gasteiger partial charge in [-0.05, 0) is 26.0 Å². The Morgan fingerprint density at radius 3 is 3.00 bits per heavy atom. The average molecular weight is 300 g/mol. The molecule has 1 unspecified atom stereocenters. The van der Waals surface area contributed by atoms with Crippen molar-refractivity contribution in [1.29, 1.82) is 0 Å². The number of furan rings is 1. The minimum atomic E-state index is -2.85. The molecule has 1 fully saturated rings. The molecule has 1 N–H and O–H groups in total. The summed E-state index contributed by atoms with van der Waals surface area (Å²) in [6.07, 6.45) is 2.90. The zero-order valence-electron chi connectivity index (χ0n) is 12.3. The van der Waals surface area contributed by atoms with Crippen LogP contribution in [-0.2, 0) is 22.9 Å². The second-order valence-electron chi connectivity index (χ2n) is 5.53. The van der Waals surface area contributed by atoms with E-state index in [9.17, 15) is 8.42 Å². The topological polar surface area (TPSA) is 62.6 Å². The molecule has 1 saturated heterocycles. The first kappa shape index (κ1) is 15.5. The van der Waals surface area contributed by atoms with Gasteiger partial charge < -0.3 is 9.73 Å². The maximum Gasteiger partial charge on any atom is 0.153 e. The molecule has 1 aromatic heterocycles. The van der Waals surface area contributed by atoms with E-state index in [1.807, 2.05) is 6.92 Å². The highest BCUT2D eigenvalue weighted by molar-refractivity contribution is 7.91. The molecule has 0 spiro atoms. The molecule has 0 aromatic carbocycles. The highest BCUT2D eigenvalue weighted by Gasteiger charge is 2.28. The van der Waals surface area contributed by atoms with Crippen molar-refractivity contribution in [3.63, 3.8) is 0 Å². The van der Waals surface area contributed by atoms with Gasteiger partial charge in [-0.1, -0.05) is 6.92 Å². The van der Waals surface area contributed by atoms with Crippen LogP contribution in [0, 0.1) is 0 Å². The summed E-state index contributed by atoms with van der Waals surface area (Å²) < 4.78 is 28.7. The van der Waals surface area contributed by atoms with Gasteiger partial charge in [0.1, 0.15) is 5.76 Å². The molecule has 1 aliphatic rings. The summed E-state index contributed by atoms with van der Waals surface area (Å²) in [5, 5.41) is 3.33. The van der Waals surface area contributed by atoms with Gasteiger partial charge in [0.2, 0.25) is 0 Å². The zero-order valence-corrected chi connectivity index (χ0v) is 13.1. The molecule has 5 nitrogen and oxygen atoms in total. The van der Waals surface area contributed by atoms with Crippen molar-refractivity contribution in [2.75, 3.05) is 24.6 Å². The molecule has 6 heteroatoms. The van der Waals surface area contributed by atoms with Crippen LogP contribution in [0.25, 0.3) is 0 Å². The third-order valence-corrected chi connectivity index (χ3v) is 5.43. The molecule has 0 radical (unpaired) electrons. The molecular weight excluding hydrogens is 276 g/mol. The molecule has 1 aromatic rings. The Balaban J connectivity index is 1.87. The quantitative estimate of drug-likeness (QED) is 0.805. The van der Waals surface area contributed by atoms with Crippen LogP contribution in [0.3, 0.4) is 0 Å². The van der Waals surface area contributed by atoms with Crippen molar-refractivity contribution >= 4 is 9.84 Å². The number of rotatable bonds is 6. The zero-order chi connectivity index (χ0) is 14.6. The summed E-state index contributed by atoms with van der Waals surface area (Å²) in [5.74, 6) is 1.41. The summed E-state index contributed by atoms with van der Waals surface area (Å²) in [6, 6.07) is 2.11. The van der Waals surface area contributed by atoms with Gasteiger partial charge >= 0.3 is 0 Å². The average Bonchev–Trinajstić information content (AvgIpc) is 2.80. The first-order valence-corrected chi connectivity index (χ1v) is 9.04. The van der Waals surface area contributed by atoms with E-state index < -0.39 is 9.84 Å². The Bertz CT molecular complexity index is 524. The van der Waals surface area contributed by atoms with E-state index in [1.54, 1.807) is 6.26 Å². The summed E-state index contributed by atoms with van der Waals surface area (Å²) in [5.41, 5.74) is 1.14. The van der Waals surface area contributed by atoms with Crippen LogP contribution in [-0.4, -0.2) is 44.0 Å². The number of sulfone groups is 1. The first-order chi connectivity index (χ1) is 9.50. The Labute approximate surface area is 121 Å². The fourth-order valence-corrected chi connectivity index (χ4v) is 4.10. The first-order valence-electron chi connectivity index (χ1n) is 7.21. The lowest BCUT2D eigenvalue weighted by molar-refractivity contribution is 0.201.